The number of carbonyl (C=O) groups is 1. The topological polar surface area (TPSA) is 110 Å². The highest BCUT2D eigenvalue weighted by molar-refractivity contribution is 7.98. The first-order valence-corrected chi connectivity index (χ1v) is 12.6. The van der Waals surface area contributed by atoms with Gasteiger partial charge in [-0.1, -0.05) is 23.7 Å². The molecule has 3 aromatic rings. The summed E-state index contributed by atoms with van der Waals surface area (Å²) in [6.07, 6.45) is 2.19. The molecule has 31 heavy (non-hydrogen) atoms. The third-order valence-electron chi connectivity index (χ3n) is 4.68. The van der Waals surface area contributed by atoms with E-state index in [0.29, 0.717) is 22.7 Å². The summed E-state index contributed by atoms with van der Waals surface area (Å²) in [6, 6.07) is 10.2. The van der Waals surface area contributed by atoms with Crippen molar-refractivity contribution in [3.8, 4) is 0 Å². The van der Waals surface area contributed by atoms with E-state index >= 15 is 0 Å². The van der Waals surface area contributed by atoms with Gasteiger partial charge in [-0.15, -0.1) is 0 Å². The number of rotatable bonds is 9. The summed E-state index contributed by atoms with van der Waals surface area (Å²) in [5.41, 5.74) is 1.47. The van der Waals surface area contributed by atoms with Crippen LogP contribution < -0.4 is 15.8 Å². The summed E-state index contributed by atoms with van der Waals surface area (Å²) < 4.78 is 34.7. The van der Waals surface area contributed by atoms with Crippen LogP contribution in [0.3, 0.4) is 0 Å². The van der Waals surface area contributed by atoms with Gasteiger partial charge in [-0.2, -0.15) is 16.5 Å². The number of carbonyl (C=O) groups excluding carboxylic acids is 1. The van der Waals surface area contributed by atoms with Gasteiger partial charge >= 0.3 is 5.76 Å². The lowest BCUT2D eigenvalue weighted by Crippen LogP contribution is -2.46. The Kier molecular flexibility index (Phi) is 7.47. The molecule has 0 unspecified atom stereocenters. The standard InChI is InChI=1S/C20H22ClN3O5S2/c1-24-17-8-7-15(11-18(17)29-20(24)26)31(27,28)23-16(9-10-30-2)19(25)22-12-13-3-5-14(21)6-4-13/h3-8,11,16,23H,9-10,12H2,1-2H3,(H,22,25)/t16-/m1/s1. The molecule has 11 heteroatoms. The number of benzene rings is 2. The SMILES string of the molecule is CSCC[C@@H](NS(=O)(=O)c1ccc2c(c1)oc(=O)n2C)C(=O)NCc1ccc(Cl)cc1. The molecular formula is C20H22ClN3O5S2. The highest BCUT2D eigenvalue weighted by Crippen LogP contribution is 2.19. The van der Waals surface area contributed by atoms with E-state index in [4.69, 9.17) is 16.0 Å². The third-order valence-corrected chi connectivity index (χ3v) is 7.04. The fourth-order valence-corrected chi connectivity index (χ4v) is 4.77. The fraction of sp³-hybridized carbons (Fsp3) is 0.300. The second-order valence-corrected chi connectivity index (χ2v) is 9.99. The number of halogens is 1. The Bertz CT molecular complexity index is 1240. The highest BCUT2D eigenvalue weighted by Gasteiger charge is 2.26. The Morgan fingerprint density at radius 1 is 1.23 bits per heavy atom. The molecule has 166 valence electrons. The van der Waals surface area contributed by atoms with Gasteiger partial charge in [0.05, 0.1) is 10.4 Å². The largest absolute Gasteiger partial charge is 0.419 e. The smallest absolute Gasteiger partial charge is 0.408 e. The van der Waals surface area contributed by atoms with Gasteiger partial charge in [0.2, 0.25) is 15.9 Å². The van der Waals surface area contributed by atoms with Crippen molar-refractivity contribution >= 4 is 50.4 Å². The number of aryl methyl sites for hydroxylation is 1. The van der Waals surface area contributed by atoms with Crippen LogP contribution in [0, 0.1) is 0 Å². The van der Waals surface area contributed by atoms with Gasteiger partial charge in [0, 0.05) is 24.7 Å². The maximum Gasteiger partial charge on any atom is 0.419 e. The normalized spacial score (nSPS) is 12.7. The summed E-state index contributed by atoms with van der Waals surface area (Å²) in [4.78, 5) is 24.3. The lowest BCUT2D eigenvalue weighted by atomic mass is 10.2. The Balaban J connectivity index is 1.77. The molecule has 0 aliphatic heterocycles. The molecule has 0 aliphatic carbocycles. The molecule has 1 heterocycles. The number of sulfonamides is 1. The molecule has 0 bridgehead atoms. The minimum Gasteiger partial charge on any atom is -0.408 e. The molecule has 1 amide bonds. The van der Waals surface area contributed by atoms with E-state index in [1.807, 2.05) is 6.26 Å². The average molecular weight is 484 g/mol. The second kappa shape index (κ2) is 9.90. The number of amides is 1. The van der Waals surface area contributed by atoms with Gasteiger partial charge in [-0.3, -0.25) is 9.36 Å². The van der Waals surface area contributed by atoms with Gasteiger partial charge in [-0.25, -0.2) is 13.2 Å². The summed E-state index contributed by atoms with van der Waals surface area (Å²) >= 11 is 7.38. The number of fused-ring (bicyclic) bond motifs is 1. The van der Waals surface area contributed by atoms with Crippen LogP contribution in [0.1, 0.15) is 12.0 Å². The Hall–Kier alpha value is -2.27. The predicted octanol–water partition coefficient (Wildman–Crippen LogP) is 2.50. The number of aromatic nitrogens is 1. The van der Waals surface area contributed by atoms with Crippen LogP contribution in [0.5, 0.6) is 0 Å². The molecule has 0 saturated heterocycles. The van der Waals surface area contributed by atoms with E-state index in [9.17, 15) is 18.0 Å². The number of thioether (sulfide) groups is 1. The van der Waals surface area contributed by atoms with Crippen molar-refractivity contribution in [1.29, 1.82) is 0 Å². The molecule has 0 spiro atoms. The zero-order valence-corrected chi connectivity index (χ0v) is 19.3. The molecule has 3 rings (SSSR count). The van der Waals surface area contributed by atoms with Gasteiger partial charge in [0.25, 0.3) is 0 Å². The summed E-state index contributed by atoms with van der Waals surface area (Å²) in [5.74, 6) is -0.425. The first kappa shape index (κ1) is 23.4. The average Bonchev–Trinajstić information content (AvgIpc) is 3.03. The molecule has 1 aromatic heterocycles. The number of nitrogens with zero attached hydrogens (tertiary/aromatic N) is 1. The monoisotopic (exact) mass is 483 g/mol. The van der Waals surface area contributed by atoms with Gasteiger partial charge in [0.15, 0.2) is 5.58 Å². The number of oxazole rings is 1. The van der Waals surface area contributed by atoms with Crippen LogP contribution in [-0.2, 0) is 28.4 Å². The first-order valence-electron chi connectivity index (χ1n) is 9.34. The van der Waals surface area contributed by atoms with Crippen LogP contribution in [0.25, 0.3) is 11.1 Å². The summed E-state index contributed by atoms with van der Waals surface area (Å²) in [6.45, 7) is 0.245. The molecule has 8 nitrogen and oxygen atoms in total. The fourth-order valence-electron chi connectivity index (χ4n) is 2.93. The zero-order chi connectivity index (χ0) is 22.6. The summed E-state index contributed by atoms with van der Waals surface area (Å²) in [5, 5.41) is 3.35. The number of nitrogens with one attached hydrogen (secondary N) is 2. The van der Waals surface area contributed by atoms with Crippen molar-refractivity contribution in [1.82, 2.24) is 14.6 Å². The zero-order valence-electron chi connectivity index (χ0n) is 16.9. The third kappa shape index (κ3) is 5.70. The first-order chi connectivity index (χ1) is 14.7. The van der Waals surface area contributed by atoms with Crippen molar-refractivity contribution in [3.05, 3.63) is 63.6 Å². The Morgan fingerprint density at radius 3 is 2.61 bits per heavy atom. The molecule has 1 atom stereocenters. The highest BCUT2D eigenvalue weighted by atomic mass is 35.5. The maximum atomic E-state index is 12.9. The maximum absolute atomic E-state index is 12.9. The van der Waals surface area contributed by atoms with Crippen LogP contribution >= 0.6 is 23.4 Å². The summed E-state index contributed by atoms with van der Waals surface area (Å²) in [7, 11) is -2.50. The molecular weight excluding hydrogens is 462 g/mol. The quantitative estimate of drug-likeness (QED) is 0.484. The van der Waals surface area contributed by atoms with E-state index in [1.54, 1.807) is 24.3 Å². The molecule has 0 saturated carbocycles. The number of hydrogen-bond donors (Lipinski definition) is 2. The Labute approximate surface area is 189 Å². The molecule has 0 fully saturated rings. The van der Waals surface area contributed by atoms with Crippen LogP contribution in [0.4, 0.5) is 0 Å². The van der Waals surface area contributed by atoms with E-state index in [1.165, 1.54) is 41.6 Å². The minimum atomic E-state index is -4.03. The predicted molar refractivity (Wildman–Crippen MR) is 122 cm³/mol. The molecule has 2 N–H and O–H groups in total. The van der Waals surface area contributed by atoms with Crippen molar-refractivity contribution in [2.45, 2.75) is 23.9 Å². The van der Waals surface area contributed by atoms with Crippen molar-refractivity contribution in [3.63, 3.8) is 0 Å². The van der Waals surface area contributed by atoms with E-state index in [2.05, 4.69) is 10.0 Å². The van der Waals surface area contributed by atoms with Crippen molar-refractivity contribution in [2.24, 2.45) is 7.05 Å². The van der Waals surface area contributed by atoms with Gasteiger partial charge < -0.3 is 9.73 Å². The van der Waals surface area contributed by atoms with Crippen LogP contribution in [0.2, 0.25) is 5.02 Å². The van der Waals surface area contributed by atoms with Gasteiger partial charge in [-0.05, 0) is 48.3 Å². The number of hydrogen-bond acceptors (Lipinski definition) is 6. The van der Waals surface area contributed by atoms with E-state index in [0.717, 1.165) is 5.56 Å². The lowest BCUT2D eigenvalue weighted by molar-refractivity contribution is -0.122. The molecule has 0 radical (unpaired) electrons. The lowest BCUT2D eigenvalue weighted by Gasteiger charge is -2.18. The van der Waals surface area contributed by atoms with E-state index < -0.39 is 27.7 Å². The van der Waals surface area contributed by atoms with Crippen molar-refractivity contribution < 1.29 is 17.6 Å². The second-order valence-electron chi connectivity index (χ2n) is 6.86. The van der Waals surface area contributed by atoms with Gasteiger partial charge in [0.1, 0.15) is 6.04 Å². The van der Waals surface area contributed by atoms with Crippen LogP contribution in [-0.4, -0.2) is 36.9 Å². The van der Waals surface area contributed by atoms with E-state index in [-0.39, 0.29) is 17.0 Å². The van der Waals surface area contributed by atoms with Crippen molar-refractivity contribution in [2.75, 3.05) is 12.0 Å². The minimum absolute atomic E-state index is 0.0889. The van der Waals surface area contributed by atoms with Crippen LogP contribution in [0.15, 0.2) is 56.6 Å². The molecule has 2 aromatic carbocycles. The Morgan fingerprint density at radius 2 is 1.94 bits per heavy atom. The molecule has 0 aliphatic rings.